The lowest BCUT2D eigenvalue weighted by atomic mass is 10.1. The summed E-state index contributed by atoms with van der Waals surface area (Å²) in [7, 11) is 0. The van der Waals surface area contributed by atoms with Crippen molar-refractivity contribution in [3.05, 3.63) is 72.9 Å². The molecular formula is C63H110O6. The first kappa shape index (κ1) is 65.8. The van der Waals surface area contributed by atoms with E-state index in [0.717, 1.165) is 89.9 Å². The molecule has 0 saturated heterocycles. The van der Waals surface area contributed by atoms with Gasteiger partial charge in [-0.2, -0.15) is 0 Å². The second kappa shape index (κ2) is 57.4. The molecule has 69 heavy (non-hydrogen) atoms. The number of hydrogen-bond acceptors (Lipinski definition) is 6. The standard InChI is InChI=1S/C63H110O6/c1-4-7-10-13-16-19-22-25-27-29-31-33-35-38-41-44-47-50-53-56-62(65)68-59-60(58-67-61(64)55-52-49-46-43-40-37-24-21-18-15-12-9-6-3)69-63(66)57-54-51-48-45-42-39-36-34-32-30-28-26-23-20-17-14-11-8-5-2/h16,19,21,24-28,31,33,38,41,60H,4-15,17-18,20,22-23,29-30,32,34-37,39-40,42-59H2,1-3H3/b19-16-,24-21-,27-25-,28-26-,33-31-,41-38-/t60-/m0/s1. The largest absolute Gasteiger partial charge is 0.462 e. The molecule has 0 aliphatic carbocycles. The number of rotatable bonds is 53. The number of esters is 3. The lowest BCUT2D eigenvalue weighted by Crippen LogP contribution is -2.30. The molecule has 0 bridgehead atoms. The molecule has 6 heteroatoms. The van der Waals surface area contributed by atoms with E-state index in [2.05, 4.69) is 93.7 Å². The summed E-state index contributed by atoms with van der Waals surface area (Å²) in [5.41, 5.74) is 0. The highest BCUT2D eigenvalue weighted by Crippen LogP contribution is 2.15. The maximum atomic E-state index is 12.9. The Labute approximate surface area is 427 Å². The molecule has 0 aliphatic rings. The van der Waals surface area contributed by atoms with Crippen molar-refractivity contribution in [3.63, 3.8) is 0 Å². The number of carbonyl (C=O) groups is 3. The SMILES string of the molecule is CCCCC/C=C\C/C=C\C/C=C\C/C=C\CCCCCC(=O)OC[C@H](COC(=O)CCCCCCC/C=C\CCCCCC)OC(=O)CCCCCCCCCCC/C=C\CCCCCCCC. The second-order valence-corrected chi connectivity index (χ2v) is 19.5. The Morgan fingerprint density at radius 2 is 0.522 bits per heavy atom. The van der Waals surface area contributed by atoms with E-state index in [9.17, 15) is 14.4 Å². The maximum absolute atomic E-state index is 12.9. The Bertz CT molecular complexity index is 1290. The molecule has 1 atom stereocenters. The van der Waals surface area contributed by atoms with Gasteiger partial charge >= 0.3 is 17.9 Å². The highest BCUT2D eigenvalue weighted by atomic mass is 16.6. The number of carbonyl (C=O) groups excluding carboxylic acids is 3. The maximum Gasteiger partial charge on any atom is 0.306 e. The van der Waals surface area contributed by atoms with Crippen LogP contribution in [0.25, 0.3) is 0 Å². The first-order valence-corrected chi connectivity index (χ1v) is 29.4. The van der Waals surface area contributed by atoms with Gasteiger partial charge in [-0.1, -0.05) is 229 Å². The minimum Gasteiger partial charge on any atom is -0.462 e. The van der Waals surface area contributed by atoms with Crippen molar-refractivity contribution in [1.29, 1.82) is 0 Å². The Hall–Kier alpha value is -3.15. The highest BCUT2D eigenvalue weighted by molar-refractivity contribution is 5.71. The first-order chi connectivity index (χ1) is 34.0. The molecule has 0 aromatic carbocycles. The van der Waals surface area contributed by atoms with Crippen LogP contribution in [0, 0.1) is 0 Å². The summed E-state index contributed by atoms with van der Waals surface area (Å²) < 4.78 is 16.8. The number of allylic oxidation sites excluding steroid dienone is 12. The van der Waals surface area contributed by atoms with Crippen molar-refractivity contribution in [2.45, 2.75) is 297 Å². The molecular weight excluding hydrogens is 853 g/mol. The zero-order chi connectivity index (χ0) is 50.0. The molecule has 0 spiro atoms. The molecule has 0 aromatic heterocycles. The summed E-state index contributed by atoms with van der Waals surface area (Å²) in [6, 6.07) is 0. The van der Waals surface area contributed by atoms with Crippen LogP contribution in [0.4, 0.5) is 0 Å². The third kappa shape index (κ3) is 55.6. The topological polar surface area (TPSA) is 78.9 Å². The fourth-order valence-corrected chi connectivity index (χ4v) is 8.18. The van der Waals surface area contributed by atoms with Gasteiger partial charge in [0.2, 0.25) is 0 Å². The summed E-state index contributed by atoms with van der Waals surface area (Å²) in [5, 5.41) is 0. The molecule has 0 N–H and O–H groups in total. The van der Waals surface area contributed by atoms with E-state index in [4.69, 9.17) is 14.2 Å². The minimum absolute atomic E-state index is 0.0901. The van der Waals surface area contributed by atoms with Gasteiger partial charge in [-0.05, 0) is 116 Å². The molecule has 398 valence electrons. The van der Waals surface area contributed by atoms with Crippen molar-refractivity contribution < 1.29 is 28.6 Å². The third-order valence-electron chi connectivity index (χ3n) is 12.7. The average Bonchev–Trinajstić information content (AvgIpc) is 3.35. The molecule has 0 radical (unpaired) electrons. The molecule has 0 rings (SSSR count). The zero-order valence-electron chi connectivity index (χ0n) is 45.6. The fourth-order valence-electron chi connectivity index (χ4n) is 8.18. The summed E-state index contributed by atoms with van der Waals surface area (Å²) in [6.07, 6.45) is 73.2. The molecule has 0 aliphatic heterocycles. The lowest BCUT2D eigenvalue weighted by Gasteiger charge is -2.18. The summed E-state index contributed by atoms with van der Waals surface area (Å²) in [4.78, 5) is 38.2. The van der Waals surface area contributed by atoms with Gasteiger partial charge < -0.3 is 14.2 Å². The molecule has 0 amide bonds. The third-order valence-corrected chi connectivity index (χ3v) is 12.7. The van der Waals surface area contributed by atoms with Crippen LogP contribution < -0.4 is 0 Å². The van der Waals surface area contributed by atoms with Crippen LogP contribution in [0.2, 0.25) is 0 Å². The van der Waals surface area contributed by atoms with E-state index >= 15 is 0 Å². The van der Waals surface area contributed by atoms with Crippen molar-refractivity contribution >= 4 is 17.9 Å². The summed E-state index contributed by atoms with van der Waals surface area (Å²) in [5.74, 6) is -0.923. The van der Waals surface area contributed by atoms with E-state index in [1.165, 1.54) is 161 Å². The molecule has 0 saturated carbocycles. The quantitative estimate of drug-likeness (QED) is 0.0262. The van der Waals surface area contributed by atoms with Crippen LogP contribution in [-0.4, -0.2) is 37.2 Å². The van der Waals surface area contributed by atoms with Crippen LogP contribution >= 0.6 is 0 Å². The molecule has 0 aromatic rings. The van der Waals surface area contributed by atoms with Crippen LogP contribution in [0.1, 0.15) is 290 Å². The predicted molar refractivity (Wildman–Crippen MR) is 298 cm³/mol. The number of ether oxygens (including phenoxy) is 3. The smallest absolute Gasteiger partial charge is 0.306 e. The fraction of sp³-hybridized carbons (Fsp3) is 0.762. The van der Waals surface area contributed by atoms with Gasteiger partial charge in [0.05, 0.1) is 0 Å². The lowest BCUT2D eigenvalue weighted by molar-refractivity contribution is -0.167. The monoisotopic (exact) mass is 963 g/mol. The van der Waals surface area contributed by atoms with Crippen molar-refractivity contribution in [3.8, 4) is 0 Å². The van der Waals surface area contributed by atoms with Gasteiger partial charge in [-0.15, -0.1) is 0 Å². The van der Waals surface area contributed by atoms with Gasteiger partial charge in [0.15, 0.2) is 6.10 Å². The summed E-state index contributed by atoms with van der Waals surface area (Å²) in [6.45, 7) is 6.58. The zero-order valence-corrected chi connectivity index (χ0v) is 45.6. The van der Waals surface area contributed by atoms with Gasteiger partial charge in [-0.25, -0.2) is 0 Å². The van der Waals surface area contributed by atoms with E-state index in [1.54, 1.807) is 0 Å². The van der Waals surface area contributed by atoms with Crippen LogP contribution in [0.5, 0.6) is 0 Å². The summed E-state index contributed by atoms with van der Waals surface area (Å²) >= 11 is 0. The molecule has 6 nitrogen and oxygen atoms in total. The predicted octanol–water partition coefficient (Wildman–Crippen LogP) is 19.8. The Kier molecular flexibility index (Phi) is 54.8. The van der Waals surface area contributed by atoms with Crippen molar-refractivity contribution in [2.24, 2.45) is 0 Å². The van der Waals surface area contributed by atoms with Crippen molar-refractivity contribution in [1.82, 2.24) is 0 Å². The minimum atomic E-state index is -0.793. The Balaban J connectivity index is 4.42. The highest BCUT2D eigenvalue weighted by Gasteiger charge is 2.19. The van der Waals surface area contributed by atoms with Crippen LogP contribution in [-0.2, 0) is 28.6 Å². The molecule has 0 unspecified atom stereocenters. The van der Waals surface area contributed by atoms with E-state index in [-0.39, 0.29) is 31.1 Å². The van der Waals surface area contributed by atoms with E-state index in [0.29, 0.717) is 19.3 Å². The van der Waals surface area contributed by atoms with E-state index < -0.39 is 6.10 Å². The van der Waals surface area contributed by atoms with Crippen molar-refractivity contribution in [2.75, 3.05) is 13.2 Å². The molecule has 0 heterocycles. The number of unbranched alkanes of at least 4 members (excludes halogenated alkanes) is 30. The van der Waals surface area contributed by atoms with Gasteiger partial charge in [0.25, 0.3) is 0 Å². The van der Waals surface area contributed by atoms with E-state index in [1.807, 2.05) is 0 Å². The van der Waals surface area contributed by atoms with Gasteiger partial charge in [0, 0.05) is 19.3 Å². The number of hydrogen-bond donors (Lipinski definition) is 0. The Morgan fingerprint density at radius 1 is 0.290 bits per heavy atom. The Morgan fingerprint density at radius 3 is 0.884 bits per heavy atom. The van der Waals surface area contributed by atoms with Crippen LogP contribution in [0.3, 0.4) is 0 Å². The van der Waals surface area contributed by atoms with Gasteiger partial charge in [0.1, 0.15) is 13.2 Å². The van der Waals surface area contributed by atoms with Gasteiger partial charge in [-0.3, -0.25) is 14.4 Å². The molecule has 0 fully saturated rings. The average molecular weight is 964 g/mol. The second-order valence-electron chi connectivity index (χ2n) is 19.5. The first-order valence-electron chi connectivity index (χ1n) is 29.4. The normalized spacial score (nSPS) is 12.6. The van der Waals surface area contributed by atoms with Crippen LogP contribution in [0.15, 0.2) is 72.9 Å².